The zero-order valence-electron chi connectivity index (χ0n) is 6.14. The van der Waals surface area contributed by atoms with E-state index < -0.39 is 0 Å². The van der Waals surface area contributed by atoms with Crippen molar-refractivity contribution in [3.63, 3.8) is 0 Å². The molecule has 1 saturated heterocycles. The van der Waals surface area contributed by atoms with Crippen LogP contribution >= 0.6 is 0 Å². The van der Waals surface area contributed by atoms with Crippen LogP contribution in [0.2, 0.25) is 0 Å². The second-order valence-corrected chi connectivity index (χ2v) is 2.85. The highest BCUT2D eigenvalue weighted by Gasteiger charge is 2.16. The minimum Gasteiger partial charge on any atom is -0.326 e. The molecule has 0 bridgehead atoms. The Bertz CT molecular complexity index is 81.0. The third-order valence-corrected chi connectivity index (χ3v) is 1.85. The Kier molecular flexibility index (Phi) is 2.49. The van der Waals surface area contributed by atoms with Crippen LogP contribution in [0.4, 0.5) is 0 Å². The normalized spacial score (nSPS) is 29.3. The Morgan fingerprint density at radius 2 is 2.44 bits per heavy atom. The molecule has 54 valence electrons. The predicted molar refractivity (Wildman–Crippen MR) is 39.3 cm³/mol. The minimum absolute atomic E-state index is 0.455. The lowest BCUT2D eigenvalue weighted by Gasteiger charge is -2.12. The van der Waals surface area contributed by atoms with E-state index in [0.717, 1.165) is 6.54 Å². The van der Waals surface area contributed by atoms with Crippen molar-refractivity contribution in [2.24, 2.45) is 5.73 Å². The summed E-state index contributed by atoms with van der Waals surface area (Å²) >= 11 is 0. The summed E-state index contributed by atoms with van der Waals surface area (Å²) in [6.07, 6.45) is 2.45. The average molecular weight is 128 g/mol. The van der Waals surface area contributed by atoms with Crippen LogP contribution in [-0.2, 0) is 0 Å². The number of hydrogen-bond donors (Lipinski definition) is 1. The Balaban J connectivity index is 2.14. The van der Waals surface area contributed by atoms with Crippen molar-refractivity contribution in [2.75, 3.05) is 19.6 Å². The van der Waals surface area contributed by atoms with Crippen molar-refractivity contribution in [2.45, 2.75) is 25.8 Å². The van der Waals surface area contributed by atoms with Gasteiger partial charge in [0.25, 0.3) is 0 Å². The molecule has 0 spiro atoms. The van der Waals surface area contributed by atoms with E-state index in [1.165, 1.54) is 25.9 Å². The molecule has 1 rings (SSSR count). The molecule has 0 aromatic carbocycles. The molecular formula is C7H16N2. The van der Waals surface area contributed by atoms with Gasteiger partial charge in [-0.05, 0) is 25.9 Å². The van der Waals surface area contributed by atoms with Gasteiger partial charge in [0, 0.05) is 12.6 Å². The fourth-order valence-electron chi connectivity index (χ4n) is 1.38. The van der Waals surface area contributed by atoms with E-state index in [2.05, 4.69) is 11.8 Å². The lowest BCUT2D eigenvalue weighted by atomic mass is 10.3. The summed E-state index contributed by atoms with van der Waals surface area (Å²) in [6, 6.07) is 0.455. The van der Waals surface area contributed by atoms with Gasteiger partial charge in [0.2, 0.25) is 0 Å². The van der Waals surface area contributed by atoms with Crippen molar-refractivity contribution >= 4 is 0 Å². The van der Waals surface area contributed by atoms with Gasteiger partial charge in [-0.25, -0.2) is 0 Å². The van der Waals surface area contributed by atoms with E-state index in [1.54, 1.807) is 0 Å². The van der Waals surface area contributed by atoms with Crippen molar-refractivity contribution < 1.29 is 0 Å². The monoisotopic (exact) mass is 128 g/mol. The van der Waals surface area contributed by atoms with Crippen LogP contribution in [0.5, 0.6) is 0 Å². The van der Waals surface area contributed by atoms with Gasteiger partial charge in [0.1, 0.15) is 0 Å². The maximum atomic E-state index is 5.71. The van der Waals surface area contributed by atoms with Crippen molar-refractivity contribution in [3.05, 3.63) is 0 Å². The first-order chi connectivity index (χ1) is 4.33. The van der Waals surface area contributed by atoms with E-state index in [-0.39, 0.29) is 0 Å². The highest BCUT2D eigenvalue weighted by atomic mass is 15.2. The Morgan fingerprint density at radius 1 is 1.67 bits per heavy atom. The molecule has 1 aliphatic rings. The maximum absolute atomic E-state index is 5.71. The first-order valence-electron chi connectivity index (χ1n) is 3.81. The summed E-state index contributed by atoms with van der Waals surface area (Å²) in [5.74, 6) is 0. The van der Waals surface area contributed by atoms with Crippen molar-refractivity contribution in [1.82, 2.24) is 4.90 Å². The van der Waals surface area contributed by atoms with Gasteiger partial charge in [0.15, 0.2) is 0 Å². The van der Waals surface area contributed by atoms with E-state index in [1.807, 2.05) is 0 Å². The minimum atomic E-state index is 0.455. The molecule has 1 atom stereocenters. The van der Waals surface area contributed by atoms with E-state index in [4.69, 9.17) is 5.73 Å². The van der Waals surface area contributed by atoms with Gasteiger partial charge in [0.05, 0.1) is 0 Å². The third-order valence-electron chi connectivity index (χ3n) is 1.85. The number of hydrogen-bond acceptors (Lipinski definition) is 2. The molecule has 2 heteroatoms. The molecular weight excluding hydrogens is 112 g/mol. The summed E-state index contributed by atoms with van der Waals surface area (Å²) in [4.78, 5) is 2.44. The summed E-state index contributed by atoms with van der Waals surface area (Å²) in [5, 5.41) is 0. The molecule has 0 aliphatic carbocycles. The lowest BCUT2D eigenvalue weighted by molar-refractivity contribution is 0.335. The van der Waals surface area contributed by atoms with E-state index in [0.29, 0.717) is 6.04 Å². The van der Waals surface area contributed by atoms with Crippen molar-refractivity contribution in [1.29, 1.82) is 0 Å². The fourth-order valence-corrected chi connectivity index (χ4v) is 1.38. The summed E-state index contributed by atoms with van der Waals surface area (Å²) in [6.45, 7) is 5.78. The number of nitrogens with two attached hydrogens (primary N) is 1. The first-order valence-corrected chi connectivity index (χ1v) is 3.81. The highest BCUT2D eigenvalue weighted by molar-refractivity contribution is 4.76. The predicted octanol–water partition coefficient (Wildman–Crippen LogP) is 0.429. The van der Waals surface area contributed by atoms with Gasteiger partial charge in [-0.15, -0.1) is 0 Å². The topological polar surface area (TPSA) is 29.3 Å². The first kappa shape index (κ1) is 7.03. The molecule has 1 unspecified atom stereocenters. The summed E-state index contributed by atoms with van der Waals surface area (Å²) in [5.41, 5.74) is 5.71. The second-order valence-electron chi connectivity index (χ2n) is 2.85. The lowest BCUT2D eigenvalue weighted by Crippen LogP contribution is -2.26. The van der Waals surface area contributed by atoms with Gasteiger partial charge in [-0.2, -0.15) is 0 Å². The largest absolute Gasteiger partial charge is 0.326 e. The fraction of sp³-hybridized carbons (Fsp3) is 1.00. The van der Waals surface area contributed by atoms with Gasteiger partial charge >= 0.3 is 0 Å². The standard InChI is InChI=1S/C7H16N2/c1-2-4-9-5-3-7(8)6-9/h7H,2-6,8H2,1H3. The quantitative estimate of drug-likeness (QED) is 0.584. The van der Waals surface area contributed by atoms with Crippen LogP contribution in [0.3, 0.4) is 0 Å². The van der Waals surface area contributed by atoms with Crippen LogP contribution in [0.1, 0.15) is 19.8 Å². The van der Waals surface area contributed by atoms with Crippen LogP contribution in [0.15, 0.2) is 0 Å². The summed E-state index contributed by atoms with van der Waals surface area (Å²) < 4.78 is 0. The zero-order valence-corrected chi connectivity index (χ0v) is 6.14. The van der Waals surface area contributed by atoms with E-state index >= 15 is 0 Å². The molecule has 0 amide bonds. The molecule has 2 nitrogen and oxygen atoms in total. The number of nitrogens with zero attached hydrogens (tertiary/aromatic N) is 1. The van der Waals surface area contributed by atoms with Crippen LogP contribution in [-0.4, -0.2) is 30.6 Å². The molecule has 9 heavy (non-hydrogen) atoms. The third kappa shape index (κ3) is 1.95. The molecule has 1 fully saturated rings. The molecule has 0 saturated carbocycles. The van der Waals surface area contributed by atoms with Crippen LogP contribution in [0.25, 0.3) is 0 Å². The average Bonchev–Trinajstić information content (AvgIpc) is 2.17. The van der Waals surface area contributed by atoms with Gasteiger partial charge in [-0.1, -0.05) is 6.92 Å². The summed E-state index contributed by atoms with van der Waals surface area (Å²) in [7, 11) is 0. The van der Waals surface area contributed by atoms with Gasteiger partial charge < -0.3 is 10.6 Å². The molecule has 2 N–H and O–H groups in total. The molecule has 0 aromatic rings. The SMILES string of the molecule is CCCN1CCC(N)C1. The molecule has 0 aromatic heterocycles. The Hall–Kier alpha value is -0.0800. The Morgan fingerprint density at radius 3 is 2.89 bits per heavy atom. The van der Waals surface area contributed by atoms with E-state index in [9.17, 15) is 0 Å². The molecule has 1 aliphatic heterocycles. The van der Waals surface area contributed by atoms with Gasteiger partial charge in [-0.3, -0.25) is 0 Å². The Labute approximate surface area is 57.0 Å². The second kappa shape index (κ2) is 3.18. The molecule has 1 heterocycles. The number of likely N-dealkylation sites (tertiary alicyclic amines) is 1. The molecule has 0 radical (unpaired) electrons. The highest BCUT2D eigenvalue weighted by Crippen LogP contribution is 2.06. The zero-order chi connectivity index (χ0) is 6.69. The maximum Gasteiger partial charge on any atom is 0.0180 e. The van der Waals surface area contributed by atoms with Crippen molar-refractivity contribution in [3.8, 4) is 0 Å². The van der Waals surface area contributed by atoms with Crippen LogP contribution in [0, 0.1) is 0 Å². The van der Waals surface area contributed by atoms with Crippen LogP contribution < -0.4 is 5.73 Å². The number of rotatable bonds is 2. The smallest absolute Gasteiger partial charge is 0.0180 e.